The van der Waals surface area contributed by atoms with Crippen molar-refractivity contribution in [3.63, 3.8) is 0 Å². The molecule has 1 aliphatic heterocycles. The molecule has 2 heterocycles. The van der Waals surface area contributed by atoms with Crippen molar-refractivity contribution in [1.29, 1.82) is 0 Å². The number of piperazine rings is 1. The number of hydrogen-bond donors (Lipinski definition) is 1. The van der Waals surface area contributed by atoms with Crippen LogP contribution in [-0.2, 0) is 11.0 Å². The van der Waals surface area contributed by atoms with Gasteiger partial charge in [-0.2, -0.15) is 0 Å². The molecule has 4 aromatic rings. The molecule has 0 saturated carbocycles. The van der Waals surface area contributed by atoms with E-state index in [1.54, 1.807) is 24.4 Å². The molecule has 1 N–H and O–H groups in total. The maximum Gasteiger partial charge on any atom is 0.254 e. The molecule has 1 unspecified atom stereocenters. The molecule has 0 aliphatic carbocycles. The van der Waals surface area contributed by atoms with Crippen molar-refractivity contribution in [3.05, 3.63) is 102 Å². The molecule has 0 bridgehead atoms. The average Bonchev–Trinajstić information content (AvgIpc) is 2.94. The molecular weight excluding hydrogens is 517 g/mol. The van der Waals surface area contributed by atoms with Crippen molar-refractivity contribution in [1.82, 2.24) is 14.8 Å². The molecule has 1 aliphatic rings. The Hall–Kier alpha value is -4.25. The molecule has 7 nitrogen and oxygen atoms in total. The Balaban J connectivity index is 1.23. The van der Waals surface area contributed by atoms with Crippen molar-refractivity contribution in [2.45, 2.75) is 4.90 Å². The number of aromatic nitrogens is 1. The molecule has 11 heteroatoms. The lowest BCUT2D eigenvalue weighted by Crippen LogP contribution is -2.50. The van der Waals surface area contributed by atoms with E-state index < -0.39 is 40.3 Å². The fraction of sp³-hybridized carbons (Fsp3) is 0.148. The number of benzene rings is 3. The minimum Gasteiger partial charge on any atom is -0.335 e. The summed E-state index contributed by atoms with van der Waals surface area (Å²) in [6.07, 6.45) is 1.59. The summed E-state index contributed by atoms with van der Waals surface area (Å²) in [5.74, 6) is -3.78. The molecule has 0 spiro atoms. The number of carbonyl (C=O) groups is 2. The number of amides is 2. The Bertz CT molecular complexity index is 1570. The number of halogens is 3. The van der Waals surface area contributed by atoms with Crippen molar-refractivity contribution < 1.29 is 27.0 Å². The highest BCUT2D eigenvalue weighted by Crippen LogP contribution is 2.23. The molecule has 5 rings (SSSR count). The van der Waals surface area contributed by atoms with Gasteiger partial charge in [-0.05, 0) is 48.5 Å². The van der Waals surface area contributed by atoms with Crippen LogP contribution in [0.2, 0.25) is 0 Å². The highest BCUT2D eigenvalue weighted by Gasteiger charge is 2.26. The summed E-state index contributed by atoms with van der Waals surface area (Å²) < 4.78 is 57.1. The Kier molecular flexibility index (Phi) is 7.10. The van der Waals surface area contributed by atoms with Crippen LogP contribution in [0.5, 0.6) is 0 Å². The Labute approximate surface area is 218 Å². The minimum absolute atomic E-state index is 0.0190. The summed E-state index contributed by atoms with van der Waals surface area (Å²) in [6, 6.07) is 15.6. The Morgan fingerprint density at radius 1 is 0.763 bits per heavy atom. The van der Waals surface area contributed by atoms with E-state index in [4.69, 9.17) is 0 Å². The monoisotopic (exact) mass is 538 g/mol. The van der Waals surface area contributed by atoms with Crippen LogP contribution in [0, 0.1) is 17.5 Å². The summed E-state index contributed by atoms with van der Waals surface area (Å²) in [6.45, 7) is 0.745. The third-order valence-corrected chi connectivity index (χ3v) is 7.37. The van der Waals surface area contributed by atoms with Gasteiger partial charge in [-0.25, -0.2) is 17.4 Å². The molecule has 3 aromatic carbocycles. The quantitative estimate of drug-likeness (QED) is 0.409. The van der Waals surface area contributed by atoms with Crippen molar-refractivity contribution in [2.75, 3.05) is 30.9 Å². The van der Waals surface area contributed by atoms with Crippen LogP contribution in [0.1, 0.15) is 20.7 Å². The van der Waals surface area contributed by atoms with E-state index in [0.29, 0.717) is 10.4 Å². The van der Waals surface area contributed by atoms with Crippen LogP contribution < -0.4 is 4.72 Å². The first-order valence-electron chi connectivity index (χ1n) is 11.7. The topological polar surface area (TPSA) is 82.6 Å². The van der Waals surface area contributed by atoms with Crippen LogP contribution in [0.25, 0.3) is 10.9 Å². The van der Waals surface area contributed by atoms with E-state index in [-0.39, 0.29) is 43.0 Å². The first-order chi connectivity index (χ1) is 18.3. The number of fused-ring (bicyclic) bond motifs is 1. The van der Waals surface area contributed by atoms with Crippen LogP contribution in [0.4, 0.5) is 18.9 Å². The smallest absolute Gasteiger partial charge is 0.254 e. The SMILES string of the molecule is O=C(c1ccc(F)c(F)c1)N1CCN(C(=O)c2ccc(NS(=O)c3cccc4cccnc34)c(F)c2)CC1. The largest absolute Gasteiger partial charge is 0.335 e. The van der Waals surface area contributed by atoms with Gasteiger partial charge in [-0.1, -0.05) is 18.2 Å². The fourth-order valence-corrected chi connectivity index (χ4v) is 5.24. The predicted molar refractivity (Wildman–Crippen MR) is 136 cm³/mol. The highest BCUT2D eigenvalue weighted by atomic mass is 32.2. The van der Waals surface area contributed by atoms with Crippen molar-refractivity contribution >= 4 is 39.4 Å². The van der Waals surface area contributed by atoms with Crippen molar-refractivity contribution in [3.8, 4) is 0 Å². The predicted octanol–water partition coefficient (Wildman–Crippen LogP) is 4.39. The van der Waals surface area contributed by atoms with Gasteiger partial charge in [0.1, 0.15) is 5.82 Å². The number of nitrogens with zero attached hydrogens (tertiary/aromatic N) is 3. The molecular formula is C27H21F3N4O3S. The lowest BCUT2D eigenvalue weighted by atomic mass is 10.1. The van der Waals surface area contributed by atoms with Gasteiger partial charge < -0.3 is 9.80 Å². The third kappa shape index (κ3) is 5.10. The van der Waals surface area contributed by atoms with Gasteiger partial charge in [-0.3, -0.25) is 19.3 Å². The molecule has 1 saturated heterocycles. The molecule has 2 amide bonds. The van der Waals surface area contributed by atoms with Gasteiger partial charge in [0.05, 0.1) is 16.1 Å². The second-order valence-electron chi connectivity index (χ2n) is 8.61. The van der Waals surface area contributed by atoms with E-state index in [0.717, 1.165) is 23.6 Å². The zero-order chi connectivity index (χ0) is 26.8. The second kappa shape index (κ2) is 10.6. The highest BCUT2D eigenvalue weighted by molar-refractivity contribution is 7.86. The number of rotatable bonds is 5. The first kappa shape index (κ1) is 25.4. The Morgan fingerprint density at radius 3 is 2.00 bits per heavy atom. The summed E-state index contributed by atoms with van der Waals surface area (Å²) in [7, 11) is -1.80. The van der Waals surface area contributed by atoms with Gasteiger partial charge in [0.2, 0.25) is 0 Å². The first-order valence-corrected chi connectivity index (χ1v) is 12.8. The van der Waals surface area contributed by atoms with E-state index in [2.05, 4.69) is 9.71 Å². The van der Waals surface area contributed by atoms with Crippen LogP contribution in [0.3, 0.4) is 0 Å². The summed E-state index contributed by atoms with van der Waals surface area (Å²) >= 11 is 0. The van der Waals surface area contributed by atoms with E-state index >= 15 is 0 Å². The van der Waals surface area contributed by atoms with Crippen LogP contribution in [0.15, 0.2) is 77.8 Å². The molecule has 1 atom stereocenters. The molecule has 194 valence electrons. The third-order valence-electron chi connectivity index (χ3n) is 6.23. The second-order valence-corrected chi connectivity index (χ2v) is 9.79. The number of carbonyl (C=O) groups excluding carboxylic acids is 2. The zero-order valence-electron chi connectivity index (χ0n) is 19.9. The summed E-state index contributed by atoms with van der Waals surface area (Å²) in [5.41, 5.74) is 0.626. The number of pyridine rings is 1. The van der Waals surface area contributed by atoms with Crippen LogP contribution in [-0.4, -0.2) is 57.0 Å². The average molecular weight is 539 g/mol. The number of nitrogens with one attached hydrogen (secondary N) is 1. The Morgan fingerprint density at radius 2 is 1.37 bits per heavy atom. The maximum absolute atomic E-state index is 14.9. The zero-order valence-corrected chi connectivity index (χ0v) is 20.7. The number of para-hydroxylation sites is 1. The van der Waals surface area contributed by atoms with Crippen molar-refractivity contribution in [2.24, 2.45) is 0 Å². The molecule has 1 fully saturated rings. The summed E-state index contributed by atoms with van der Waals surface area (Å²) in [5, 5.41) is 0.799. The maximum atomic E-state index is 14.9. The van der Waals surface area contributed by atoms with Gasteiger partial charge >= 0.3 is 0 Å². The minimum atomic E-state index is -1.80. The van der Waals surface area contributed by atoms with Crippen LogP contribution >= 0.6 is 0 Å². The fourth-order valence-electron chi connectivity index (χ4n) is 4.22. The molecule has 1 aromatic heterocycles. The summed E-state index contributed by atoms with van der Waals surface area (Å²) in [4.78, 5) is 33.2. The lowest BCUT2D eigenvalue weighted by molar-refractivity contribution is 0.0535. The van der Waals surface area contributed by atoms with E-state index in [1.807, 2.05) is 12.1 Å². The molecule has 0 radical (unpaired) electrons. The standard InChI is InChI=1S/C27H21F3N4O3S/c28-20-8-6-18(15-21(20)29)26(35)33-11-13-34(14-12-33)27(36)19-7-9-23(22(30)16-19)32-38(37)24-5-1-3-17-4-2-10-31-25(17)24/h1-10,15-16,32H,11-14H2. The van der Waals surface area contributed by atoms with Gasteiger partial charge in [0.25, 0.3) is 11.8 Å². The van der Waals surface area contributed by atoms with Gasteiger partial charge in [0.15, 0.2) is 22.6 Å². The number of anilines is 1. The van der Waals surface area contributed by atoms with Gasteiger partial charge in [0, 0.05) is 48.9 Å². The lowest BCUT2D eigenvalue weighted by Gasteiger charge is -2.35. The normalized spacial score (nSPS) is 14.4. The van der Waals surface area contributed by atoms with E-state index in [1.165, 1.54) is 28.0 Å². The molecule has 38 heavy (non-hydrogen) atoms. The number of hydrogen-bond acceptors (Lipinski definition) is 4. The van der Waals surface area contributed by atoms with E-state index in [9.17, 15) is 27.0 Å². The van der Waals surface area contributed by atoms with Gasteiger partial charge in [-0.15, -0.1) is 0 Å².